The maximum atomic E-state index is 4.59. The summed E-state index contributed by atoms with van der Waals surface area (Å²) in [6, 6.07) is 14.4. The fourth-order valence-electron chi connectivity index (χ4n) is 3.33. The molecule has 0 aliphatic carbocycles. The third kappa shape index (κ3) is 5.37. The smallest absolute Gasteiger partial charge is 0.194 e. The number of aromatic nitrogens is 3. The summed E-state index contributed by atoms with van der Waals surface area (Å²) in [5.74, 6) is 2.71. The monoisotopic (exact) mass is 405 g/mol. The molecule has 3 rings (SSSR count). The van der Waals surface area contributed by atoms with E-state index in [1.165, 1.54) is 0 Å². The van der Waals surface area contributed by atoms with Crippen molar-refractivity contribution in [2.24, 2.45) is 4.99 Å². The molecule has 0 saturated carbocycles. The van der Waals surface area contributed by atoms with Crippen molar-refractivity contribution >= 4 is 11.8 Å². The van der Waals surface area contributed by atoms with Crippen molar-refractivity contribution in [2.75, 3.05) is 32.1 Å². The fraction of sp³-hybridized carbons (Fsp3) is 0.348. The number of hydrogen-bond donors (Lipinski definition) is 2. The normalized spacial score (nSPS) is 11.4. The molecule has 7 nitrogen and oxygen atoms in total. The van der Waals surface area contributed by atoms with Gasteiger partial charge >= 0.3 is 0 Å². The highest BCUT2D eigenvalue weighted by Crippen LogP contribution is 2.16. The van der Waals surface area contributed by atoms with Gasteiger partial charge in [-0.2, -0.15) is 0 Å². The Morgan fingerprint density at radius 1 is 1.03 bits per heavy atom. The summed E-state index contributed by atoms with van der Waals surface area (Å²) >= 11 is 0. The number of hydrogen-bond acceptors (Lipinski definition) is 4. The number of aliphatic imine (C=N–C) groups is 1. The number of aromatic amines is 1. The van der Waals surface area contributed by atoms with Crippen LogP contribution in [-0.2, 0) is 13.1 Å². The lowest BCUT2D eigenvalue weighted by atomic mass is 10.2. The summed E-state index contributed by atoms with van der Waals surface area (Å²) in [4.78, 5) is 21.2. The molecule has 2 heterocycles. The second-order valence-electron chi connectivity index (χ2n) is 7.06. The zero-order chi connectivity index (χ0) is 21.3. The Morgan fingerprint density at radius 3 is 2.43 bits per heavy atom. The van der Waals surface area contributed by atoms with Crippen molar-refractivity contribution in [3.05, 3.63) is 66.2 Å². The van der Waals surface area contributed by atoms with Crippen LogP contribution in [0, 0.1) is 0 Å². The molecule has 0 saturated heterocycles. The molecule has 2 aromatic heterocycles. The molecule has 0 radical (unpaired) electrons. The maximum absolute atomic E-state index is 4.59. The highest BCUT2D eigenvalue weighted by atomic mass is 15.3. The molecule has 0 fully saturated rings. The Labute approximate surface area is 178 Å². The van der Waals surface area contributed by atoms with Gasteiger partial charge in [0, 0.05) is 39.9 Å². The van der Waals surface area contributed by atoms with E-state index in [0.29, 0.717) is 13.1 Å². The van der Waals surface area contributed by atoms with E-state index in [4.69, 9.17) is 0 Å². The summed E-state index contributed by atoms with van der Waals surface area (Å²) in [6.45, 7) is 7.49. The number of benzene rings is 1. The van der Waals surface area contributed by atoms with Crippen LogP contribution in [0.2, 0.25) is 0 Å². The number of rotatable bonds is 8. The standard InChI is InChI=1S/C23H31N7/c1-5-30(6-2)22-13-12-18(14-26-22)15-27-23(24-3)29(4)17-21-25-16-20(28-21)19-10-8-7-9-11-19/h7-14,16H,5-6,15,17H2,1-4H3,(H,24,27)(H,25,28). The maximum Gasteiger partial charge on any atom is 0.194 e. The van der Waals surface area contributed by atoms with Gasteiger partial charge < -0.3 is 20.1 Å². The quantitative estimate of drug-likeness (QED) is 0.443. The Balaban J connectivity index is 1.56. The molecule has 2 N–H and O–H groups in total. The Kier molecular flexibility index (Phi) is 7.43. The first kappa shape index (κ1) is 21.4. The van der Waals surface area contributed by atoms with Gasteiger partial charge in [0.05, 0.1) is 18.4 Å². The van der Waals surface area contributed by atoms with Crippen LogP contribution in [0.1, 0.15) is 25.2 Å². The van der Waals surface area contributed by atoms with E-state index in [1.54, 1.807) is 7.05 Å². The summed E-state index contributed by atoms with van der Waals surface area (Å²) in [7, 11) is 3.79. The van der Waals surface area contributed by atoms with Gasteiger partial charge in [0.1, 0.15) is 11.6 Å². The predicted octanol–water partition coefficient (Wildman–Crippen LogP) is 3.53. The molecule has 158 valence electrons. The highest BCUT2D eigenvalue weighted by Gasteiger charge is 2.10. The van der Waals surface area contributed by atoms with Gasteiger partial charge in [-0.25, -0.2) is 9.97 Å². The topological polar surface area (TPSA) is 72.4 Å². The van der Waals surface area contributed by atoms with Crippen molar-refractivity contribution in [3.63, 3.8) is 0 Å². The highest BCUT2D eigenvalue weighted by molar-refractivity contribution is 5.79. The number of nitrogens with one attached hydrogen (secondary N) is 2. The average molecular weight is 406 g/mol. The molecule has 0 spiro atoms. The van der Waals surface area contributed by atoms with E-state index in [1.807, 2.05) is 42.5 Å². The summed E-state index contributed by atoms with van der Waals surface area (Å²) in [5.41, 5.74) is 3.26. The molecular formula is C23H31N7. The Bertz CT molecular complexity index is 928. The van der Waals surface area contributed by atoms with E-state index < -0.39 is 0 Å². The Hall–Kier alpha value is -3.35. The van der Waals surface area contributed by atoms with Crippen LogP contribution >= 0.6 is 0 Å². The molecule has 0 aliphatic heterocycles. The first-order valence-electron chi connectivity index (χ1n) is 10.4. The van der Waals surface area contributed by atoms with E-state index >= 15 is 0 Å². The van der Waals surface area contributed by atoms with Crippen molar-refractivity contribution in [3.8, 4) is 11.3 Å². The van der Waals surface area contributed by atoms with Crippen molar-refractivity contribution in [2.45, 2.75) is 26.9 Å². The molecule has 0 aliphatic rings. The lowest BCUT2D eigenvalue weighted by Gasteiger charge is -2.22. The molecule has 0 bridgehead atoms. The SMILES string of the molecule is CCN(CC)c1ccc(CNC(=NC)N(C)Cc2ncc(-c3ccccc3)[nH]2)cn1. The number of guanidine groups is 1. The van der Waals surface area contributed by atoms with E-state index in [9.17, 15) is 0 Å². The zero-order valence-electron chi connectivity index (χ0n) is 18.3. The lowest BCUT2D eigenvalue weighted by molar-refractivity contribution is 0.464. The van der Waals surface area contributed by atoms with Gasteiger partial charge in [-0.05, 0) is 31.0 Å². The van der Waals surface area contributed by atoms with Crippen LogP contribution in [0.3, 0.4) is 0 Å². The van der Waals surface area contributed by atoms with Crippen LogP contribution in [0.5, 0.6) is 0 Å². The van der Waals surface area contributed by atoms with Crippen LogP contribution < -0.4 is 10.2 Å². The number of nitrogens with zero attached hydrogens (tertiary/aromatic N) is 5. The van der Waals surface area contributed by atoms with E-state index in [2.05, 4.69) is 68.3 Å². The minimum absolute atomic E-state index is 0.631. The van der Waals surface area contributed by atoms with Crippen molar-refractivity contribution in [1.82, 2.24) is 25.2 Å². The molecule has 7 heteroatoms. The molecule has 1 aromatic carbocycles. The number of anilines is 1. The van der Waals surface area contributed by atoms with Crippen LogP contribution in [0.25, 0.3) is 11.3 Å². The second kappa shape index (κ2) is 10.4. The van der Waals surface area contributed by atoms with Crippen LogP contribution in [0.15, 0.2) is 59.9 Å². The van der Waals surface area contributed by atoms with Crippen LogP contribution in [0.4, 0.5) is 5.82 Å². The molecule has 0 unspecified atom stereocenters. The molecule has 30 heavy (non-hydrogen) atoms. The Morgan fingerprint density at radius 2 is 1.80 bits per heavy atom. The zero-order valence-corrected chi connectivity index (χ0v) is 18.3. The average Bonchev–Trinajstić information content (AvgIpc) is 3.25. The third-order valence-corrected chi connectivity index (χ3v) is 5.02. The summed E-state index contributed by atoms with van der Waals surface area (Å²) in [6.07, 6.45) is 3.80. The van der Waals surface area contributed by atoms with E-state index in [0.717, 1.165) is 47.5 Å². The number of pyridine rings is 1. The third-order valence-electron chi connectivity index (χ3n) is 5.02. The first-order valence-corrected chi connectivity index (χ1v) is 10.4. The van der Waals surface area contributed by atoms with Gasteiger partial charge in [-0.1, -0.05) is 36.4 Å². The number of H-pyrrole nitrogens is 1. The summed E-state index contributed by atoms with van der Waals surface area (Å²) < 4.78 is 0. The molecule has 3 aromatic rings. The largest absolute Gasteiger partial charge is 0.357 e. The second-order valence-corrected chi connectivity index (χ2v) is 7.06. The van der Waals surface area contributed by atoms with Gasteiger partial charge in [0.25, 0.3) is 0 Å². The first-order chi connectivity index (χ1) is 14.6. The van der Waals surface area contributed by atoms with Gasteiger partial charge in [-0.15, -0.1) is 0 Å². The predicted molar refractivity (Wildman–Crippen MR) is 123 cm³/mol. The van der Waals surface area contributed by atoms with Gasteiger partial charge in [0.2, 0.25) is 0 Å². The number of imidazole rings is 1. The molecule has 0 atom stereocenters. The minimum atomic E-state index is 0.631. The van der Waals surface area contributed by atoms with Crippen molar-refractivity contribution in [1.29, 1.82) is 0 Å². The van der Waals surface area contributed by atoms with Crippen LogP contribution in [-0.4, -0.2) is 53.0 Å². The van der Waals surface area contributed by atoms with Gasteiger partial charge in [0.15, 0.2) is 5.96 Å². The summed E-state index contributed by atoms with van der Waals surface area (Å²) in [5, 5.41) is 3.40. The van der Waals surface area contributed by atoms with Gasteiger partial charge in [-0.3, -0.25) is 4.99 Å². The lowest BCUT2D eigenvalue weighted by Crippen LogP contribution is -2.38. The molecule has 0 amide bonds. The van der Waals surface area contributed by atoms with E-state index in [-0.39, 0.29) is 0 Å². The fourth-order valence-corrected chi connectivity index (χ4v) is 3.33. The van der Waals surface area contributed by atoms with Crippen molar-refractivity contribution < 1.29 is 0 Å². The minimum Gasteiger partial charge on any atom is -0.357 e. The molecular weight excluding hydrogens is 374 g/mol.